The first-order chi connectivity index (χ1) is 7.02. The van der Waals surface area contributed by atoms with Gasteiger partial charge in [-0.1, -0.05) is 0 Å². The Morgan fingerprint density at radius 2 is 2.20 bits per heavy atom. The predicted molar refractivity (Wildman–Crippen MR) is 53.2 cm³/mol. The Balaban J connectivity index is 3.04. The third kappa shape index (κ3) is 2.77. The molecule has 80 valence electrons. The van der Waals surface area contributed by atoms with E-state index < -0.39 is 12.0 Å². The summed E-state index contributed by atoms with van der Waals surface area (Å²) in [6.45, 7) is 3.05. The van der Waals surface area contributed by atoms with Gasteiger partial charge >= 0.3 is 5.97 Å². The molecule has 15 heavy (non-hydrogen) atoms. The molecule has 0 aliphatic carbocycles. The fourth-order valence-corrected chi connectivity index (χ4v) is 1.25. The molecule has 0 aliphatic heterocycles. The maximum atomic E-state index is 10.9. The molecule has 0 spiro atoms. The van der Waals surface area contributed by atoms with Crippen LogP contribution in [0.3, 0.4) is 0 Å². The Bertz CT molecular complexity index is 390. The van der Waals surface area contributed by atoms with Gasteiger partial charge in [0, 0.05) is 24.9 Å². The van der Waals surface area contributed by atoms with Gasteiger partial charge in [0.1, 0.15) is 0 Å². The number of aryl methyl sites for hydroxylation is 1. The number of carbonyl (C=O) groups is 2. The molecule has 5 heteroatoms. The minimum atomic E-state index is -1.10. The van der Waals surface area contributed by atoms with Gasteiger partial charge in [0.15, 0.2) is 6.04 Å². The summed E-state index contributed by atoms with van der Waals surface area (Å²) in [5, 5.41) is 11.3. The maximum Gasteiger partial charge on any atom is 0.330 e. The quantitative estimate of drug-likeness (QED) is 0.764. The third-order valence-corrected chi connectivity index (χ3v) is 1.99. The first-order valence-corrected chi connectivity index (χ1v) is 4.42. The van der Waals surface area contributed by atoms with Crippen molar-refractivity contribution < 1.29 is 14.7 Å². The standard InChI is InChI=1S/C10H12N2O3/c1-6-3-4-11-5-8(6)9(10(14)15)12-7(2)13/h3-5,9H,1-2H3,(H,12,13)(H,14,15). The second-order valence-electron chi connectivity index (χ2n) is 3.20. The van der Waals surface area contributed by atoms with Crippen LogP contribution in [0.25, 0.3) is 0 Å². The number of hydrogen-bond donors (Lipinski definition) is 2. The summed E-state index contributed by atoms with van der Waals surface area (Å²) in [5.41, 5.74) is 1.28. The lowest BCUT2D eigenvalue weighted by Gasteiger charge is -2.14. The van der Waals surface area contributed by atoms with Gasteiger partial charge in [0.25, 0.3) is 0 Å². The highest BCUT2D eigenvalue weighted by molar-refractivity contribution is 5.83. The zero-order chi connectivity index (χ0) is 11.4. The average molecular weight is 208 g/mol. The number of rotatable bonds is 3. The second kappa shape index (κ2) is 4.54. The van der Waals surface area contributed by atoms with Crippen LogP contribution in [0.5, 0.6) is 0 Å². The lowest BCUT2D eigenvalue weighted by atomic mass is 10.0. The molecule has 1 rings (SSSR count). The predicted octanol–water partition coefficient (Wildman–Crippen LogP) is 0.652. The molecule has 0 radical (unpaired) electrons. The van der Waals surface area contributed by atoms with Crippen molar-refractivity contribution in [2.24, 2.45) is 0 Å². The van der Waals surface area contributed by atoms with Crippen molar-refractivity contribution in [3.63, 3.8) is 0 Å². The number of pyridine rings is 1. The average Bonchev–Trinajstić information content (AvgIpc) is 2.15. The van der Waals surface area contributed by atoms with Crippen LogP contribution in [0.4, 0.5) is 0 Å². The Morgan fingerprint density at radius 3 is 2.67 bits per heavy atom. The van der Waals surface area contributed by atoms with E-state index in [1.54, 1.807) is 19.2 Å². The van der Waals surface area contributed by atoms with Crippen molar-refractivity contribution in [1.29, 1.82) is 0 Å². The number of nitrogens with one attached hydrogen (secondary N) is 1. The normalized spacial score (nSPS) is 11.9. The highest BCUT2D eigenvalue weighted by Gasteiger charge is 2.22. The molecule has 1 heterocycles. The molecule has 2 N–H and O–H groups in total. The lowest BCUT2D eigenvalue weighted by Crippen LogP contribution is -2.32. The van der Waals surface area contributed by atoms with Crippen LogP contribution in [0, 0.1) is 6.92 Å². The SMILES string of the molecule is CC(=O)NC(C(=O)O)c1cnccc1C. The van der Waals surface area contributed by atoms with E-state index in [0.717, 1.165) is 5.56 Å². The number of carbonyl (C=O) groups excluding carboxylic acids is 1. The highest BCUT2D eigenvalue weighted by atomic mass is 16.4. The summed E-state index contributed by atoms with van der Waals surface area (Å²) in [7, 11) is 0. The Hall–Kier alpha value is -1.91. The molecule has 0 saturated carbocycles. The second-order valence-corrected chi connectivity index (χ2v) is 3.20. The van der Waals surface area contributed by atoms with Gasteiger partial charge in [-0.25, -0.2) is 4.79 Å². The van der Waals surface area contributed by atoms with Crippen molar-refractivity contribution in [3.05, 3.63) is 29.6 Å². The third-order valence-electron chi connectivity index (χ3n) is 1.99. The van der Waals surface area contributed by atoms with E-state index in [2.05, 4.69) is 10.3 Å². The number of hydrogen-bond acceptors (Lipinski definition) is 3. The number of aromatic nitrogens is 1. The van der Waals surface area contributed by atoms with Crippen LogP contribution < -0.4 is 5.32 Å². The number of aliphatic carboxylic acids is 1. The monoisotopic (exact) mass is 208 g/mol. The summed E-state index contributed by atoms with van der Waals surface area (Å²) < 4.78 is 0. The van der Waals surface area contributed by atoms with Crippen LogP contribution in [0.15, 0.2) is 18.5 Å². The summed E-state index contributed by atoms with van der Waals surface area (Å²) >= 11 is 0. The molecule has 1 atom stereocenters. The molecule has 5 nitrogen and oxygen atoms in total. The Labute approximate surface area is 87.1 Å². The molecule has 1 unspecified atom stereocenters. The minimum absolute atomic E-state index is 0.384. The van der Waals surface area contributed by atoms with Gasteiger partial charge in [-0.15, -0.1) is 0 Å². The van der Waals surface area contributed by atoms with Crippen molar-refractivity contribution in [2.75, 3.05) is 0 Å². The minimum Gasteiger partial charge on any atom is -0.479 e. The van der Waals surface area contributed by atoms with Gasteiger partial charge in [-0.2, -0.15) is 0 Å². The molecule has 1 amide bonds. The molecule has 1 aromatic heterocycles. The summed E-state index contributed by atoms with van der Waals surface area (Å²) in [6.07, 6.45) is 3.02. The molecule has 0 aliphatic rings. The van der Waals surface area contributed by atoms with Crippen LogP contribution in [-0.4, -0.2) is 22.0 Å². The number of nitrogens with zero attached hydrogens (tertiary/aromatic N) is 1. The summed E-state index contributed by atoms with van der Waals surface area (Å²) in [6, 6.07) is 0.670. The lowest BCUT2D eigenvalue weighted by molar-refractivity contribution is -0.141. The number of amides is 1. The maximum absolute atomic E-state index is 10.9. The highest BCUT2D eigenvalue weighted by Crippen LogP contribution is 2.16. The largest absolute Gasteiger partial charge is 0.479 e. The van der Waals surface area contributed by atoms with Crippen molar-refractivity contribution in [2.45, 2.75) is 19.9 Å². The molecule has 1 aromatic rings. The Kier molecular flexibility index (Phi) is 3.38. The van der Waals surface area contributed by atoms with E-state index in [4.69, 9.17) is 5.11 Å². The first-order valence-electron chi connectivity index (χ1n) is 4.42. The van der Waals surface area contributed by atoms with E-state index in [9.17, 15) is 9.59 Å². The van der Waals surface area contributed by atoms with Crippen LogP contribution in [0.2, 0.25) is 0 Å². The van der Waals surface area contributed by atoms with Crippen LogP contribution in [-0.2, 0) is 9.59 Å². The molecule has 0 fully saturated rings. The summed E-state index contributed by atoms with van der Waals surface area (Å²) in [5.74, 6) is -1.48. The zero-order valence-electron chi connectivity index (χ0n) is 8.52. The topological polar surface area (TPSA) is 79.3 Å². The van der Waals surface area contributed by atoms with E-state index in [0.29, 0.717) is 5.56 Å². The fourth-order valence-electron chi connectivity index (χ4n) is 1.25. The molecule has 0 bridgehead atoms. The van der Waals surface area contributed by atoms with Crippen molar-refractivity contribution in [3.8, 4) is 0 Å². The fraction of sp³-hybridized carbons (Fsp3) is 0.300. The van der Waals surface area contributed by atoms with Gasteiger partial charge in [0.2, 0.25) is 5.91 Å². The van der Waals surface area contributed by atoms with Gasteiger partial charge in [-0.3, -0.25) is 9.78 Å². The molecule has 0 aromatic carbocycles. The van der Waals surface area contributed by atoms with Gasteiger partial charge < -0.3 is 10.4 Å². The number of carboxylic acids is 1. The molecular weight excluding hydrogens is 196 g/mol. The van der Waals surface area contributed by atoms with E-state index in [-0.39, 0.29) is 5.91 Å². The molecule has 0 saturated heterocycles. The van der Waals surface area contributed by atoms with Gasteiger partial charge in [0.05, 0.1) is 0 Å². The summed E-state index contributed by atoms with van der Waals surface area (Å²) in [4.78, 5) is 25.6. The molecular formula is C10H12N2O3. The van der Waals surface area contributed by atoms with Crippen LogP contribution >= 0.6 is 0 Å². The van der Waals surface area contributed by atoms with Crippen LogP contribution in [0.1, 0.15) is 24.1 Å². The van der Waals surface area contributed by atoms with E-state index in [1.807, 2.05) is 0 Å². The zero-order valence-corrected chi connectivity index (χ0v) is 8.52. The number of carboxylic acid groups (broad SMARTS) is 1. The van der Waals surface area contributed by atoms with Crippen molar-refractivity contribution in [1.82, 2.24) is 10.3 Å². The van der Waals surface area contributed by atoms with Gasteiger partial charge in [-0.05, 0) is 18.6 Å². The van der Waals surface area contributed by atoms with E-state index >= 15 is 0 Å². The Morgan fingerprint density at radius 1 is 1.53 bits per heavy atom. The first kappa shape index (κ1) is 11.2. The van der Waals surface area contributed by atoms with E-state index in [1.165, 1.54) is 13.1 Å². The van der Waals surface area contributed by atoms with Crippen molar-refractivity contribution >= 4 is 11.9 Å². The smallest absolute Gasteiger partial charge is 0.330 e.